The van der Waals surface area contributed by atoms with E-state index in [9.17, 15) is 9.90 Å². The van der Waals surface area contributed by atoms with E-state index in [1.165, 1.54) is 0 Å². The van der Waals surface area contributed by atoms with Crippen LogP contribution in [-0.2, 0) is 27.2 Å². The molecule has 0 fully saturated rings. The highest BCUT2D eigenvalue weighted by atomic mass is 16.6. The molecule has 2 aromatic rings. The number of hydrogen-bond acceptors (Lipinski definition) is 6. The Bertz CT molecular complexity index is 791. The Morgan fingerprint density at radius 3 is 2.92 bits per heavy atom. The van der Waals surface area contributed by atoms with Gasteiger partial charge in [0.25, 0.3) is 0 Å². The summed E-state index contributed by atoms with van der Waals surface area (Å²) in [6.45, 7) is 7.88. The summed E-state index contributed by atoms with van der Waals surface area (Å²) in [4.78, 5) is 11.9. The first kappa shape index (κ1) is 18.7. The van der Waals surface area contributed by atoms with Crippen LogP contribution in [0.25, 0.3) is 10.9 Å². The molecule has 0 saturated heterocycles. The summed E-state index contributed by atoms with van der Waals surface area (Å²) < 4.78 is 18.6. The smallest absolute Gasteiger partial charge is 0.332 e. The van der Waals surface area contributed by atoms with Gasteiger partial charge < -0.3 is 19.3 Å². The van der Waals surface area contributed by atoms with Crippen LogP contribution >= 0.6 is 0 Å². The van der Waals surface area contributed by atoms with Gasteiger partial charge in [0.2, 0.25) is 0 Å². The second-order valence-corrected chi connectivity index (χ2v) is 7.69. The van der Waals surface area contributed by atoms with Gasteiger partial charge in [-0.05, 0) is 39.8 Å². The highest BCUT2D eigenvalue weighted by Crippen LogP contribution is 2.33. The fourth-order valence-corrected chi connectivity index (χ4v) is 3.09. The Labute approximate surface area is 152 Å². The zero-order chi connectivity index (χ0) is 18.9. The van der Waals surface area contributed by atoms with Gasteiger partial charge in [0.1, 0.15) is 24.6 Å². The Kier molecular flexibility index (Phi) is 5.20. The van der Waals surface area contributed by atoms with Gasteiger partial charge >= 0.3 is 5.97 Å². The number of esters is 1. The molecule has 1 N–H and O–H groups in total. The Morgan fingerprint density at radius 2 is 2.23 bits per heavy atom. The van der Waals surface area contributed by atoms with E-state index < -0.39 is 11.7 Å². The first-order valence-corrected chi connectivity index (χ1v) is 8.84. The van der Waals surface area contributed by atoms with Gasteiger partial charge in [-0.25, -0.2) is 4.79 Å². The molecule has 142 valence electrons. The van der Waals surface area contributed by atoms with E-state index in [-0.39, 0.29) is 18.7 Å². The average Bonchev–Trinajstić information content (AvgIpc) is 2.94. The van der Waals surface area contributed by atoms with Crippen LogP contribution in [0, 0.1) is 0 Å². The number of benzene rings is 1. The van der Waals surface area contributed by atoms with Crippen molar-refractivity contribution in [1.82, 2.24) is 9.78 Å². The molecule has 3 rings (SSSR count). The van der Waals surface area contributed by atoms with Crippen molar-refractivity contribution < 1.29 is 24.1 Å². The van der Waals surface area contributed by atoms with Crippen LogP contribution in [0.1, 0.15) is 33.3 Å². The summed E-state index contributed by atoms with van der Waals surface area (Å²) in [5, 5.41) is 15.1. The Balaban J connectivity index is 1.74. The molecule has 2 unspecified atom stereocenters. The molecule has 7 heteroatoms. The number of fused-ring (bicyclic) bond motifs is 3. The van der Waals surface area contributed by atoms with Crippen LogP contribution in [0.5, 0.6) is 5.75 Å². The third-order valence-electron chi connectivity index (χ3n) is 4.02. The highest BCUT2D eigenvalue weighted by molar-refractivity contribution is 5.84. The average molecular weight is 362 g/mol. The number of carbonyl (C=O) groups excluding carboxylic acids is 1. The van der Waals surface area contributed by atoms with Gasteiger partial charge in [-0.15, -0.1) is 0 Å². The molecular weight excluding hydrogens is 336 g/mol. The van der Waals surface area contributed by atoms with E-state index in [2.05, 4.69) is 5.10 Å². The number of rotatable bonds is 5. The molecule has 1 aromatic carbocycles. The highest BCUT2D eigenvalue weighted by Gasteiger charge is 2.26. The number of aromatic nitrogens is 2. The summed E-state index contributed by atoms with van der Waals surface area (Å²) in [6, 6.07) is 3.89. The van der Waals surface area contributed by atoms with Crippen molar-refractivity contribution in [2.45, 2.75) is 58.5 Å². The number of ether oxygens (including phenoxy) is 3. The van der Waals surface area contributed by atoms with Crippen molar-refractivity contribution in [3.05, 3.63) is 23.9 Å². The molecule has 26 heavy (non-hydrogen) atoms. The molecule has 1 aromatic heterocycles. The molecule has 0 amide bonds. The maximum atomic E-state index is 11.9. The minimum absolute atomic E-state index is 0.108. The largest absolute Gasteiger partial charge is 0.491 e. The topological polar surface area (TPSA) is 82.8 Å². The monoisotopic (exact) mass is 362 g/mol. The third kappa shape index (κ3) is 4.34. The molecular formula is C19H26N2O5. The number of aliphatic hydroxyl groups is 1. The molecule has 0 aliphatic carbocycles. The summed E-state index contributed by atoms with van der Waals surface area (Å²) in [7, 11) is 0. The van der Waals surface area contributed by atoms with Crippen LogP contribution in [0.15, 0.2) is 18.3 Å². The van der Waals surface area contributed by atoms with Crippen molar-refractivity contribution in [3.63, 3.8) is 0 Å². The minimum atomic E-state index is -0.532. The van der Waals surface area contributed by atoms with Crippen LogP contribution in [-0.4, -0.2) is 51.9 Å². The van der Waals surface area contributed by atoms with E-state index in [0.29, 0.717) is 19.6 Å². The normalized spacial score (nSPS) is 18.3. The standard InChI is InChI=1S/C19H26N2O5/c1-12(22)9-21-18-13(8-20-21)5-6-16-15(18)7-14(10-25-16)24-11-17(23)26-19(2,3)4/h5-6,8,12,14,22H,7,9-11H2,1-4H3. The number of carbonyl (C=O) groups is 1. The maximum absolute atomic E-state index is 11.9. The fourth-order valence-electron chi connectivity index (χ4n) is 3.09. The Hall–Kier alpha value is -2.12. The number of nitrogens with zero attached hydrogens (tertiary/aromatic N) is 2. The molecule has 0 radical (unpaired) electrons. The van der Waals surface area contributed by atoms with Crippen LogP contribution in [0.4, 0.5) is 0 Å². The van der Waals surface area contributed by atoms with Crippen molar-refractivity contribution in [2.24, 2.45) is 0 Å². The van der Waals surface area contributed by atoms with Crippen molar-refractivity contribution >= 4 is 16.9 Å². The second kappa shape index (κ2) is 7.25. The van der Waals surface area contributed by atoms with Crippen LogP contribution in [0.3, 0.4) is 0 Å². The molecule has 0 spiro atoms. The minimum Gasteiger partial charge on any atom is -0.491 e. The molecule has 2 heterocycles. The van der Waals surface area contributed by atoms with Crippen LogP contribution < -0.4 is 4.74 Å². The first-order valence-electron chi connectivity index (χ1n) is 8.84. The lowest BCUT2D eigenvalue weighted by molar-refractivity contribution is -0.163. The molecule has 0 saturated carbocycles. The predicted molar refractivity (Wildman–Crippen MR) is 96.2 cm³/mol. The SMILES string of the molecule is CC(O)Cn1ncc2ccc3c(c21)CC(OCC(=O)OC(C)(C)C)CO3. The number of aliphatic hydroxyl groups excluding tert-OH is 1. The van der Waals surface area contributed by atoms with E-state index >= 15 is 0 Å². The molecule has 1 aliphatic heterocycles. The molecule has 7 nitrogen and oxygen atoms in total. The number of hydrogen-bond donors (Lipinski definition) is 1. The molecule has 0 bridgehead atoms. The van der Waals surface area contributed by atoms with Gasteiger partial charge in [-0.1, -0.05) is 0 Å². The quantitative estimate of drug-likeness (QED) is 0.820. The summed E-state index contributed by atoms with van der Waals surface area (Å²) in [5.41, 5.74) is 1.39. The van der Waals surface area contributed by atoms with Gasteiger partial charge in [0.15, 0.2) is 0 Å². The maximum Gasteiger partial charge on any atom is 0.332 e. The first-order chi connectivity index (χ1) is 12.2. The lowest BCUT2D eigenvalue weighted by Gasteiger charge is -2.27. The van der Waals surface area contributed by atoms with Crippen molar-refractivity contribution in [1.29, 1.82) is 0 Å². The second-order valence-electron chi connectivity index (χ2n) is 7.69. The van der Waals surface area contributed by atoms with Gasteiger partial charge in [-0.2, -0.15) is 5.10 Å². The Morgan fingerprint density at radius 1 is 1.46 bits per heavy atom. The lowest BCUT2D eigenvalue weighted by Crippen LogP contribution is -2.33. The summed E-state index contributed by atoms with van der Waals surface area (Å²) >= 11 is 0. The van der Waals surface area contributed by atoms with E-state index in [0.717, 1.165) is 22.2 Å². The van der Waals surface area contributed by atoms with Crippen molar-refractivity contribution in [2.75, 3.05) is 13.2 Å². The van der Waals surface area contributed by atoms with Crippen molar-refractivity contribution in [3.8, 4) is 5.75 Å². The van der Waals surface area contributed by atoms with Gasteiger partial charge in [-0.3, -0.25) is 4.68 Å². The third-order valence-corrected chi connectivity index (χ3v) is 4.02. The zero-order valence-corrected chi connectivity index (χ0v) is 15.7. The summed E-state index contributed by atoms with van der Waals surface area (Å²) in [5.74, 6) is 0.405. The lowest BCUT2D eigenvalue weighted by atomic mass is 10.0. The molecule has 1 aliphatic rings. The van der Waals surface area contributed by atoms with E-state index in [1.54, 1.807) is 17.8 Å². The molecule has 2 atom stereocenters. The predicted octanol–water partition coefficient (Wildman–Crippen LogP) is 2.08. The zero-order valence-electron chi connectivity index (χ0n) is 15.7. The van der Waals surface area contributed by atoms with Gasteiger partial charge in [0, 0.05) is 17.4 Å². The van der Waals surface area contributed by atoms with Crippen LogP contribution in [0.2, 0.25) is 0 Å². The fraction of sp³-hybridized carbons (Fsp3) is 0.579. The summed E-state index contributed by atoms with van der Waals surface area (Å²) in [6.07, 6.45) is 1.65. The van der Waals surface area contributed by atoms with E-state index in [4.69, 9.17) is 14.2 Å². The van der Waals surface area contributed by atoms with Gasteiger partial charge in [0.05, 0.1) is 30.5 Å². The van der Waals surface area contributed by atoms with E-state index in [1.807, 2.05) is 32.9 Å².